The monoisotopic (exact) mass is 292 g/mol. The van der Waals surface area contributed by atoms with Crippen molar-refractivity contribution in [1.82, 2.24) is 19.1 Å². The molecule has 7 heteroatoms. The zero-order valence-corrected chi connectivity index (χ0v) is 12.3. The molecule has 1 fully saturated rings. The van der Waals surface area contributed by atoms with Crippen LogP contribution in [-0.2, 0) is 20.8 Å². The fourth-order valence-electron chi connectivity index (χ4n) is 2.65. The molecule has 0 N–H and O–H groups in total. The van der Waals surface area contributed by atoms with E-state index in [1.165, 1.54) is 0 Å². The van der Waals surface area contributed by atoms with Gasteiger partial charge in [-0.1, -0.05) is 0 Å². The molecule has 0 unspecified atom stereocenters. The average Bonchev–Trinajstić information content (AvgIpc) is 3.22. The second kappa shape index (κ2) is 6.38. The van der Waals surface area contributed by atoms with Crippen LogP contribution in [0.5, 0.6) is 0 Å². The van der Waals surface area contributed by atoms with Gasteiger partial charge in [-0.3, -0.25) is 0 Å². The summed E-state index contributed by atoms with van der Waals surface area (Å²) in [5.74, 6) is 1.66. The molecular formula is C14H20N4O3. The van der Waals surface area contributed by atoms with E-state index in [1.54, 1.807) is 26.6 Å². The lowest BCUT2D eigenvalue weighted by Crippen LogP contribution is -2.25. The van der Waals surface area contributed by atoms with Gasteiger partial charge in [0.15, 0.2) is 11.6 Å². The molecular weight excluding hydrogens is 272 g/mol. The van der Waals surface area contributed by atoms with Crippen LogP contribution in [0.1, 0.15) is 6.04 Å². The first kappa shape index (κ1) is 14.2. The Morgan fingerprint density at radius 3 is 2.81 bits per heavy atom. The van der Waals surface area contributed by atoms with Crippen LogP contribution < -0.4 is 0 Å². The Labute approximate surface area is 123 Å². The lowest BCUT2D eigenvalue weighted by Gasteiger charge is -2.19. The summed E-state index contributed by atoms with van der Waals surface area (Å²) >= 11 is 0. The van der Waals surface area contributed by atoms with Crippen LogP contribution in [-0.4, -0.2) is 59.2 Å². The summed E-state index contributed by atoms with van der Waals surface area (Å²) in [6.07, 6.45) is 7.50. The van der Waals surface area contributed by atoms with Crippen LogP contribution in [0.25, 0.3) is 11.6 Å². The second-order valence-electron chi connectivity index (χ2n) is 4.97. The van der Waals surface area contributed by atoms with Gasteiger partial charge in [0, 0.05) is 45.6 Å². The third-order valence-electron chi connectivity index (χ3n) is 3.78. The van der Waals surface area contributed by atoms with Gasteiger partial charge in [-0.2, -0.15) is 0 Å². The van der Waals surface area contributed by atoms with E-state index < -0.39 is 0 Å². The van der Waals surface area contributed by atoms with Crippen LogP contribution in [0.3, 0.4) is 0 Å². The van der Waals surface area contributed by atoms with Gasteiger partial charge in [0.25, 0.3) is 0 Å². The third kappa shape index (κ3) is 2.72. The van der Waals surface area contributed by atoms with Gasteiger partial charge in [-0.15, -0.1) is 0 Å². The maximum Gasteiger partial charge on any atom is 0.176 e. The standard InChI is InChI=1S/C14H20N4O3/c1-19-8-7-17-5-3-15-13(17)14-16-4-6-18(14)11-9-21-10-12(11)20-2/h3-6,11-12H,7-10H2,1-2H3/t11-,12+/m1/s1. The Balaban J connectivity index is 1.90. The zero-order chi connectivity index (χ0) is 14.7. The molecule has 2 atom stereocenters. The predicted octanol–water partition coefficient (Wildman–Crippen LogP) is 0.979. The molecule has 7 nitrogen and oxygen atoms in total. The minimum atomic E-state index is 0.0420. The minimum Gasteiger partial charge on any atom is -0.383 e. The molecule has 0 amide bonds. The molecule has 2 aromatic rings. The van der Waals surface area contributed by atoms with Crippen molar-refractivity contribution >= 4 is 0 Å². The molecule has 0 aliphatic carbocycles. The molecule has 1 saturated heterocycles. The van der Waals surface area contributed by atoms with E-state index in [-0.39, 0.29) is 12.1 Å². The first-order chi connectivity index (χ1) is 10.3. The maximum atomic E-state index is 5.53. The molecule has 0 saturated carbocycles. The summed E-state index contributed by atoms with van der Waals surface area (Å²) in [6.45, 7) is 2.61. The number of nitrogens with zero attached hydrogens (tertiary/aromatic N) is 4. The molecule has 1 aliphatic heterocycles. The number of hydrogen-bond donors (Lipinski definition) is 0. The molecule has 3 rings (SSSR count). The van der Waals surface area contributed by atoms with Crippen molar-refractivity contribution in [2.75, 3.05) is 34.0 Å². The van der Waals surface area contributed by atoms with Crippen molar-refractivity contribution in [2.24, 2.45) is 0 Å². The normalized spacial score (nSPS) is 22.0. The summed E-state index contributed by atoms with van der Waals surface area (Å²) in [4.78, 5) is 8.91. The van der Waals surface area contributed by atoms with Crippen molar-refractivity contribution in [3.05, 3.63) is 24.8 Å². The fraction of sp³-hybridized carbons (Fsp3) is 0.571. The summed E-state index contributed by atoms with van der Waals surface area (Å²) in [7, 11) is 3.40. The van der Waals surface area contributed by atoms with Crippen LogP contribution in [0, 0.1) is 0 Å². The van der Waals surface area contributed by atoms with E-state index in [0.29, 0.717) is 19.8 Å². The number of imidazole rings is 2. The van der Waals surface area contributed by atoms with Crippen molar-refractivity contribution in [1.29, 1.82) is 0 Å². The van der Waals surface area contributed by atoms with Crippen molar-refractivity contribution in [3.8, 4) is 11.6 Å². The van der Waals surface area contributed by atoms with Crippen LogP contribution in [0.15, 0.2) is 24.8 Å². The molecule has 1 aliphatic rings. The minimum absolute atomic E-state index is 0.0420. The topological polar surface area (TPSA) is 63.3 Å². The summed E-state index contributed by atoms with van der Waals surface area (Å²) in [6, 6.07) is 0.125. The number of hydrogen-bond acceptors (Lipinski definition) is 5. The smallest absolute Gasteiger partial charge is 0.176 e. The average molecular weight is 292 g/mol. The molecule has 0 aromatic carbocycles. The van der Waals surface area contributed by atoms with Gasteiger partial charge in [-0.25, -0.2) is 9.97 Å². The van der Waals surface area contributed by atoms with Crippen LogP contribution in [0.2, 0.25) is 0 Å². The van der Waals surface area contributed by atoms with E-state index in [0.717, 1.165) is 18.2 Å². The highest BCUT2D eigenvalue weighted by Crippen LogP contribution is 2.27. The molecule has 21 heavy (non-hydrogen) atoms. The quantitative estimate of drug-likeness (QED) is 0.794. The van der Waals surface area contributed by atoms with Crippen molar-refractivity contribution < 1.29 is 14.2 Å². The molecule has 0 spiro atoms. The van der Waals surface area contributed by atoms with E-state index in [1.807, 2.05) is 17.0 Å². The number of methoxy groups -OCH3 is 2. The van der Waals surface area contributed by atoms with E-state index in [9.17, 15) is 0 Å². The summed E-state index contributed by atoms with van der Waals surface area (Å²) in [5, 5.41) is 0. The van der Waals surface area contributed by atoms with E-state index in [2.05, 4.69) is 14.5 Å². The van der Waals surface area contributed by atoms with Gasteiger partial charge in [0.05, 0.1) is 25.9 Å². The first-order valence-electron chi connectivity index (χ1n) is 6.99. The fourth-order valence-corrected chi connectivity index (χ4v) is 2.65. The Bertz CT molecular complexity index is 580. The van der Waals surface area contributed by atoms with E-state index in [4.69, 9.17) is 14.2 Å². The Kier molecular flexibility index (Phi) is 4.33. The number of ether oxygens (including phenoxy) is 3. The lowest BCUT2D eigenvalue weighted by molar-refractivity contribution is 0.0688. The zero-order valence-electron chi connectivity index (χ0n) is 12.3. The molecule has 0 bridgehead atoms. The molecule has 3 heterocycles. The largest absolute Gasteiger partial charge is 0.383 e. The molecule has 0 radical (unpaired) electrons. The van der Waals surface area contributed by atoms with Gasteiger partial charge in [0.2, 0.25) is 0 Å². The van der Waals surface area contributed by atoms with Crippen molar-refractivity contribution in [2.45, 2.75) is 18.7 Å². The Morgan fingerprint density at radius 1 is 1.19 bits per heavy atom. The second-order valence-corrected chi connectivity index (χ2v) is 4.97. The third-order valence-corrected chi connectivity index (χ3v) is 3.78. The van der Waals surface area contributed by atoms with E-state index >= 15 is 0 Å². The SMILES string of the molecule is COCCn1ccnc1-c1nccn1[C@@H]1COC[C@@H]1OC. The highest BCUT2D eigenvalue weighted by molar-refractivity contribution is 5.45. The molecule has 2 aromatic heterocycles. The highest BCUT2D eigenvalue weighted by Gasteiger charge is 2.31. The summed E-state index contributed by atoms with van der Waals surface area (Å²) in [5.41, 5.74) is 0. The van der Waals surface area contributed by atoms with Gasteiger partial charge >= 0.3 is 0 Å². The Hall–Kier alpha value is -1.70. The van der Waals surface area contributed by atoms with Gasteiger partial charge in [-0.05, 0) is 0 Å². The maximum absolute atomic E-state index is 5.53. The van der Waals surface area contributed by atoms with Crippen LogP contribution in [0.4, 0.5) is 0 Å². The first-order valence-corrected chi connectivity index (χ1v) is 6.99. The van der Waals surface area contributed by atoms with Gasteiger partial charge < -0.3 is 23.3 Å². The van der Waals surface area contributed by atoms with Crippen molar-refractivity contribution in [3.63, 3.8) is 0 Å². The highest BCUT2D eigenvalue weighted by atomic mass is 16.5. The number of rotatable bonds is 6. The summed E-state index contributed by atoms with van der Waals surface area (Å²) < 4.78 is 20.3. The van der Waals surface area contributed by atoms with Gasteiger partial charge in [0.1, 0.15) is 6.10 Å². The Morgan fingerprint density at radius 2 is 2.00 bits per heavy atom. The van der Waals surface area contributed by atoms with Crippen LogP contribution >= 0.6 is 0 Å². The number of aromatic nitrogens is 4. The lowest BCUT2D eigenvalue weighted by atomic mass is 10.2. The molecule has 114 valence electrons. The predicted molar refractivity (Wildman–Crippen MR) is 76.0 cm³/mol.